The first-order chi connectivity index (χ1) is 19.7. The van der Waals surface area contributed by atoms with Gasteiger partial charge in [0.15, 0.2) is 0 Å². The van der Waals surface area contributed by atoms with Gasteiger partial charge in [-0.15, -0.1) is 0 Å². The fourth-order valence-corrected chi connectivity index (χ4v) is 6.17. The molecule has 1 atom stereocenters. The molecule has 1 unspecified atom stereocenters. The number of piperidine rings is 1. The van der Waals surface area contributed by atoms with Crippen molar-refractivity contribution in [2.24, 2.45) is 0 Å². The predicted molar refractivity (Wildman–Crippen MR) is 156 cm³/mol. The van der Waals surface area contributed by atoms with Gasteiger partial charge in [-0.25, -0.2) is 14.1 Å². The van der Waals surface area contributed by atoms with E-state index in [2.05, 4.69) is 81.1 Å². The van der Waals surface area contributed by atoms with Crippen molar-refractivity contribution in [3.63, 3.8) is 0 Å². The number of pyridine rings is 1. The summed E-state index contributed by atoms with van der Waals surface area (Å²) < 4.78 is 18.1. The van der Waals surface area contributed by atoms with Gasteiger partial charge in [-0.1, -0.05) is 36.4 Å². The molecular formula is C33H31FN6. The number of para-hydroxylation sites is 2. The highest BCUT2D eigenvalue weighted by atomic mass is 19.1. The lowest BCUT2D eigenvalue weighted by atomic mass is 9.95. The van der Waals surface area contributed by atoms with Crippen molar-refractivity contribution in [2.45, 2.75) is 38.3 Å². The molecule has 1 fully saturated rings. The molecule has 4 heterocycles. The first-order valence-electron chi connectivity index (χ1n) is 14.0. The van der Waals surface area contributed by atoms with Crippen LogP contribution in [0.15, 0.2) is 97.3 Å². The zero-order chi connectivity index (χ0) is 27.1. The Morgan fingerprint density at radius 1 is 0.900 bits per heavy atom. The van der Waals surface area contributed by atoms with Crippen LogP contribution in [0, 0.1) is 5.82 Å². The van der Waals surface area contributed by atoms with Crippen LogP contribution in [0.1, 0.15) is 48.8 Å². The van der Waals surface area contributed by atoms with Crippen molar-refractivity contribution < 1.29 is 4.39 Å². The van der Waals surface area contributed by atoms with Crippen molar-refractivity contribution >= 4 is 21.9 Å². The second-order valence-corrected chi connectivity index (χ2v) is 10.7. The number of fused-ring (bicyclic) bond motifs is 2. The molecule has 0 bridgehead atoms. The Morgan fingerprint density at radius 2 is 1.70 bits per heavy atom. The molecule has 0 spiro atoms. The van der Waals surface area contributed by atoms with Crippen LogP contribution in [0.5, 0.6) is 0 Å². The van der Waals surface area contributed by atoms with Crippen LogP contribution in [0.4, 0.5) is 4.39 Å². The summed E-state index contributed by atoms with van der Waals surface area (Å²) in [6.07, 6.45) is 5.88. The minimum atomic E-state index is -0.261. The predicted octanol–water partition coefficient (Wildman–Crippen LogP) is 6.90. The maximum Gasteiger partial charge on any atom is 0.125 e. The van der Waals surface area contributed by atoms with Crippen LogP contribution in [0.3, 0.4) is 0 Å². The van der Waals surface area contributed by atoms with Crippen LogP contribution < -0.4 is 0 Å². The quantitative estimate of drug-likeness (QED) is 0.235. The SMILES string of the molecule is CC(c1ccccn1)n1c(C2CCN(Cc3cccc4c3cnn4-c3cccc(F)c3)CC2)nc2ccccc21. The van der Waals surface area contributed by atoms with Crippen molar-refractivity contribution in [3.8, 4) is 5.69 Å². The monoisotopic (exact) mass is 530 g/mol. The summed E-state index contributed by atoms with van der Waals surface area (Å²) in [6.45, 7) is 5.08. The first-order valence-corrected chi connectivity index (χ1v) is 14.0. The molecule has 7 heteroatoms. The molecule has 3 aromatic carbocycles. The van der Waals surface area contributed by atoms with Crippen molar-refractivity contribution in [2.75, 3.05) is 13.1 Å². The molecule has 0 N–H and O–H groups in total. The smallest absolute Gasteiger partial charge is 0.125 e. The minimum Gasteiger partial charge on any atom is -0.319 e. The summed E-state index contributed by atoms with van der Waals surface area (Å²) in [6, 6.07) is 27.5. The Bertz CT molecular complexity index is 1780. The summed E-state index contributed by atoms with van der Waals surface area (Å²) >= 11 is 0. The summed E-state index contributed by atoms with van der Waals surface area (Å²) in [5.74, 6) is 1.29. The number of nitrogens with zero attached hydrogens (tertiary/aromatic N) is 6. The number of rotatable bonds is 6. The first kappa shape index (κ1) is 24.7. The Morgan fingerprint density at radius 3 is 2.52 bits per heavy atom. The Kier molecular flexibility index (Phi) is 6.36. The largest absolute Gasteiger partial charge is 0.319 e. The summed E-state index contributed by atoms with van der Waals surface area (Å²) in [5.41, 5.74) is 6.24. The number of hydrogen-bond donors (Lipinski definition) is 0. The molecule has 7 rings (SSSR count). The molecule has 40 heavy (non-hydrogen) atoms. The highest BCUT2D eigenvalue weighted by Gasteiger charge is 2.28. The Hall–Kier alpha value is -4.36. The minimum absolute atomic E-state index is 0.105. The maximum absolute atomic E-state index is 13.9. The third-order valence-electron chi connectivity index (χ3n) is 8.23. The van der Waals surface area contributed by atoms with Gasteiger partial charge >= 0.3 is 0 Å². The van der Waals surface area contributed by atoms with Crippen molar-refractivity contribution in [1.29, 1.82) is 0 Å². The third-order valence-corrected chi connectivity index (χ3v) is 8.23. The lowest BCUT2D eigenvalue weighted by Gasteiger charge is -2.32. The number of likely N-dealkylation sites (tertiary alicyclic amines) is 1. The van der Waals surface area contributed by atoms with Gasteiger partial charge in [0, 0.05) is 24.0 Å². The number of benzene rings is 3. The average molecular weight is 531 g/mol. The van der Waals surface area contributed by atoms with E-state index in [4.69, 9.17) is 4.98 Å². The van der Waals surface area contributed by atoms with Gasteiger partial charge in [0.05, 0.1) is 40.2 Å². The molecule has 200 valence electrons. The second-order valence-electron chi connectivity index (χ2n) is 10.7. The average Bonchev–Trinajstić information content (AvgIpc) is 3.61. The van der Waals surface area contributed by atoms with Gasteiger partial charge in [0.2, 0.25) is 0 Å². The fourth-order valence-electron chi connectivity index (χ4n) is 6.17. The van der Waals surface area contributed by atoms with Gasteiger partial charge in [-0.05, 0) is 86.9 Å². The molecule has 1 saturated heterocycles. The van der Waals surface area contributed by atoms with Gasteiger partial charge < -0.3 is 4.57 Å². The molecule has 6 aromatic rings. The number of imidazole rings is 1. The highest BCUT2D eigenvalue weighted by molar-refractivity contribution is 5.83. The van der Waals surface area contributed by atoms with Crippen LogP contribution in [-0.2, 0) is 6.54 Å². The number of halogens is 1. The molecule has 0 saturated carbocycles. The van der Waals surface area contributed by atoms with Crippen molar-refractivity contribution in [3.05, 3.63) is 120 Å². The normalized spacial score (nSPS) is 15.7. The van der Waals surface area contributed by atoms with E-state index in [9.17, 15) is 4.39 Å². The molecule has 0 radical (unpaired) electrons. The molecular weight excluding hydrogens is 499 g/mol. The zero-order valence-electron chi connectivity index (χ0n) is 22.5. The molecule has 0 amide bonds. The van der Waals surface area contributed by atoms with Gasteiger partial charge in [-0.3, -0.25) is 9.88 Å². The van der Waals surface area contributed by atoms with Crippen LogP contribution in [-0.4, -0.2) is 42.3 Å². The molecule has 1 aliphatic rings. The van der Waals surface area contributed by atoms with Gasteiger partial charge in [0.25, 0.3) is 0 Å². The Balaban J connectivity index is 1.12. The number of hydrogen-bond acceptors (Lipinski definition) is 4. The molecule has 3 aromatic heterocycles. The summed E-state index contributed by atoms with van der Waals surface area (Å²) in [5, 5.41) is 5.71. The lowest BCUT2D eigenvalue weighted by Crippen LogP contribution is -2.33. The molecule has 0 aliphatic carbocycles. The topological polar surface area (TPSA) is 51.8 Å². The van der Waals surface area contributed by atoms with Crippen LogP contribution >= 0.6 is 0 Å². The number of aromatic nitrogens is 5. The second kappa shape index (κ2) is 10.3. The molecule has 6 nitrogen and oxygen atoms in total. The van der Waals surface area contributed by atoms with E-state index >= 15 is 0 Å². The van der Waals surface area contributed by atoms with E-state index in [1.807, 2.05) is 29.2 Å². The van der Waals surface area contributed by atoms with E-state index in [-0.39, 0.29) is 11.9 Å². The van der Waals surface area contributed by atoms with E-state index in [0.717, 1.165) is 66.1 Å². The van der Waals surface area contributed by atoms with Crippen molar-refractivity contribution in [1.82, 2.24) is 29.2 Å². The van der Waals surface area contributed by atoms with E-state index in [1.54, 1.807) is 6.07 Å². The standard InChI is InChI=1S/C33H31FN6/c1-23(29-11-4-5-17-35-29)39-32-13-3-2-12-30(32)37-33(39)24-15-18-38(19-16-24)22-25-8-6-14-31-28(25)21-36-40(31)27-10-7-9-26(34)20-27/h2-14,17,20-21,23-24H,15-16,18-19,22H2,1H3. The summed E-state index contributed by atoms with van der Waals surface area (Å²) in [7, 11) is 0. The third kappa shape index (κ3) is 4.46. The van der Waals surface area contributed by atoms with Crippen LogP contribution in [0.2, 0.25) is 0 Å². The van der Waals surface area contributed by atoms with E-state index < -0.39 is 0 Å². The fraction of sp³-hybridized carbons (Fsp3) is 0.242. The Labute approximate surface area is 232 Å². The van der Waals surface area contributed by atoms with Gasteiger partial charge in [-0.2, -0.15) is 5.10 Å². The zero-order valence-corrected chi connectivity index (χ0v) is 22.5. The summed E-state index contributed by atoms with van der Waals surface area (Å²) in [4.78, 5) is 12.3. The highest BCUT2D eigenvalue weighted by Crippen LogP contribution is 2.35. The van der Waals surface area contributed by atoms with Crippen LogP contribution in [0.25, 0.3) is 27.6 Å². The van der Waals surface area contributed by atoms with E-state index in [1.165, 1.54) is 23.2 Å². The van der Waals surface area contributed by atoms with E-state index in [0.29, 0.717) is 5.92 Å². The molecule has 1 aliphatic heterocycles. The lowest BCUT2D eigenvalue weighted by molar-refractivity contribution is 0.200. The van der Waals surface area contributed by atoms with Gasteiger partial charge in [0.1, 0.15) is 11.6 Å². The maximum atomic E-state index is 13.9.